The Labute approximate surface area is 114 Å². The van der Waals surface area contributed by atoms with E-state index in [2.05, 4.69) is 30.2 Å². The predicted molar refractivity (Wildman–Crippen MR) is 78.6 cm³/mol. The average molecular weight is 256 g/mol. The second-order valence-corrected chi connectivity index (χ2v) is 4.83. The first kappa shape index (κ1) is 13.4. The largest absolute Gasteiger partial charge is 0.497 e. The van der Waals surface area contributed by atoms with Crippen molar-refractivity contribution in [1.29, 1.82) is 0 Å². The van der Waals surface area contributed by atoms with Crippen molar-refractivity contribution in [3.63, 3.8) is 0 Å². The summed E-state index contributed by atoms with van der Waals surface area (Å²) in [5, 5.41) is 3.31. The van der Waals surface area contributed by atoms with Crippen LogP contribution in [0.5, 0.6) is 5.75 Å². The monoisotopic (exact) mass is 256 g/mol. The highest BCUT2D eigenvalue weighted by Gasteiger charge is 2.00. The zero-order valence-electron chi connectivity index (χ0n) is 11.7. The highest BCUT2D eigenvalue weighted by molar-refractivity contribution is 5.38. The van der Waals surface area contributed by atoms with E-state index < -0.39 is 0 Å². The summed E-state index contributed by atoms with van der Waals surface area (Å²) in [7, 11) is 1.67. The summed E-state index contributed by atoms with van der Waals surface area (Å²) < 4.78 is 5.13. The van der Waals surface area contributed by atoms with E-state index in [0.717, 1.165) is 18.1 Å². The van der Waals surface area contributed by atoms with E-state index in [1.54, 1.807) is 7.11 Å². The van der Waals surface area contributed by atoms with E-state index in [-0.39, 0.29) is 0 Å². The summed E-state index contributed by atoms with van der Waals surface area (Å²) in [6, 6.07) is 12.2. The fraction of sp³-hybridized carbons (Fsp3) is 0.312. The molecule has 3 nitrogen and oxygen atoms in total. The fourth-order valence-electron chi connectivity index (χ4n) is 1.79. The van der Waals surface area contributed by atoms with Crippen molar-refractivity contribution in [3.05, 3.63) is 53.7 Å². The van der Waals surface area contributed by atoms with Gasteiger partial charge in [-0.05, 0) is 35.2 Å². The third kappa shape index (κ3) is 3.71. The second kappa shape index (κ2) is 6.23. The van der Waals surface area contributed by atoms with Crippen LogP contribution in [0.15, 0.2) is 42.6 Å². The van der Waals surface area contributed by atoms with Gasteiger partial charge in [-0.3, -0.25) is 0 Å². The lowest BCUT2D eigenvalue weighted by Gasteiger charge is -2.08. The van der Waals surface area contributed by atoms with E-state index in [9.17, 15) is 0 Å². The van der Waals surface area contributed by atoms with Crippen molar-refractivity contribution in [2.45, 2.75) is 26.3 Å². The average Bonchev–Trinajstić information content (AvgIpc) is 2.46. The minimum atomic E-state index is 0.517. The third-order valence-electron chi connectivity index (χ3n) is 3.09. The molecular formula is C16H20N2O. The Hall–Kier alpha value is -2.03. The molecule has 0 unspecified atom stereocenters. The Morgan fingerprint density at radius 1 is 1.11 bits per heavy atom. The maximum Gasteiger partial charge on any atom is 0.126 e. The van der Waals surface area contributed by atoms with E-state index in [1.165, 1.54) is 11.1 Å². The Balaban J connectivity index is 1.94. The summed E-state index contributed by atoms with van der Waals surface area (Å²) in [5.74, 6) is 2.30. The number of nitrogens with zero attached hydrogens (tertiary/aromatic N) is 1. The Morgan fingerprint density at radius 2 is 1.84 bits per heavy atom. The van der Waals surface area contributed by atoms with Gasteiger partial charge in [0.25, 0.3) is 0 Å². The number of methoxy groups -OCH3 is 1. The smallest absolute Gasteiger partial charge is 0.126 e. The van der Waals surface area contributed by atoms with Gasteiger partial charge in [0, 0.05) is 12.7 Å². The van der Waals surface area contributed by atoms with Crippen LogP contribution in [0, 0.1) is 0 Å². The molecule has 1 aromatic heterocycles. The van der Waals surface area contributed by atoms with Gasteiger partial charge >= 0.3 is 0 Å². The molecule has 0 spiro atoms. The van der Waals surface area contributed by atoms with E-state index in [4.69, 9.17) is 4.74 Å². The number of hydrogen-bond acceptors (Lipinski definition) is 3. The molecule has 2 aromatic rings. The lowest BCUT2D eigenvalue weighted by molar-refractivity contribution is 0.414. The lowest BCUT2D eigenvalue weighted by Crippen LogP contribution is -2.01. The maximum atomic E-state index is 5.13. The standard InChI is InChI=1S/C16H20N2O/c1-12(2)14-6-9-16(18-11-14)17-10-13-4-7-15(19-3)8-5-13/h4-9,11-12H,10H2,1-3H3,(H,17,18). The molecule has 0 bridgehead atoms. The molecule has 0 aliphatic rings. The van der Waals surface area contributed by atoms with Gasteiger partial charge in [0.05, 0.1) is 7.11 Å². The van der Waals surface area contributed by atoms with Crippen LogP contribution in [0.2, 0.25) is 0 Å². The molecule has 3 heteroatoms. The normalized spacial score (nSPS) is 10.5. The number of ether oxygens (including phenoxy) is 1. The second-order valence-electron chi connectivity index (χ2n) is 4.83. The number of benzene rings is 1. The molecule has 0 atom stereocenters. The molecule has 1 aromatic carbocycles. The van der Waals surface area contributed by atoms with Crippen LogP contribution in [-0.2, 0) is 6.54 Å². The highest BCUT2D eigenvalue weighted by Crippen LogP contribution is 2.16. The summed E-state index contributed by atoms with van der Waals surface area (Å²) in [4.78, 5) is 4.41. The summed E-state index contributed by atoms with van der Waals surface area (Å²) >= 11 is 0. The predicted octanol–water partition coefficient (Wildman–Crippen LogP) is 3.83. The van der Waals surface area contributed by atoms with Crippen LogP contribution >= 0.6 is 0 Å². The topological polar surface area (TPSA) is 34.1 Å². The lowest BCUT2D eigenvalue weighted by atomic mass is 10.1. The fourth-order valence-corrected chi connectivity index (χ4v) is 1.79. The van der Waals surface area contributed by atoms with Crippen LogP contribution in [0.3, 0.4) is 0 Å². The number of anilines is 1. The van der Waals surface area contributed by atoms with Crippen molar-refractivity contribution in [3.8, 4) is 5.75 Å². The molecule has 0 saturated heterocycles. The SMILES string of the molecule is COc1ccc(CNc2ccc(C(C)C)cn2)cc1. The van der Waals surface area contributed by atoms with E-state index in [0.29, 0.717) is 5.92 Å². The minimum absolute atomic E-state index is 0.517. The summed E-state index contributed by atoms with van der Waals surface area (Å²) in [6.45, 7) is 5.10. The van der Waals surface area contributed by atoms with Crippen LogP contribution in [0.4, 0.5) is 5.82 Å². The molecule has 0 aliphatic heterocycles. The van der Waals surface area contributed by atoms with Crippen LogP contribution in [-0.4, -0.2) is 12.1 Å². The Kier molecular flexibility index (Phi) is 4.39. The molecule has 2 rings (SSSR count). The Morgan fingerprint density at radius 3 is 2.37 bits per heavy atom. The maximum absolute atomic E-state index is 5.13. The quantitative estimate of drug-likeness (QED) is 0.883. The van der Waals surface area contributed by atoms with Gasteiger partial charge in [-0.1, -0.05) is 32.0 Å². The molecule has 0 amide bonds. The van der Waals surface area contributed by atoms with Crippen molar-refractivity contribution < 1.29 is 4.74 Å². The highest BCUT2D eigenvalue weighted by atomic mass is 16.5. The molecule has 1 N–H and O–H groups in total. The van der Waals surface area contributed by atoms with Crippen LogP contribution < -0.4 is 10.1 Å². The number of hydrogen-bond donors (Lipinski definition) is 1. The molecular weight excluding hydrogens is 236 g/mol. The number of rotatable bonds is 5. The summed E-state index contributed by atoms with van der Waals surface area (Å²) in [6.07, 6.45) is 1.93. The van der Waals surface area contributed by atoms with Gasteiger partial charge in [0.1, 0.15) is 11.6 Å². The first-order chi connectivity index (χ1) is 9.19. The summed E-state index contributed by atoms with van der Waals surface area (Å²) in [5.41, 5.74) is 2.46. The number of nitrogens with one attached hydrogen (secondary N) is 1. The molecule has 1 heterocycles. The zero-order chi connectivity index (χ0) is 13.7. The third-order valence-corrected chi connectivity index (χ3v) is 3.09. The van der Waals surface area contributed by atoms with E-state index in [1.807, 2.05) is 36.5 Å². The van der Waals surface area contributed by atoms with Gasteiger partial charge in [-0.2, -0.15) is 0 Å². The molecule has 0 saturated carbocycles. The minimum Gasteiger partial charge on any atom is -0.497 e. The number of pyridine rings is 1. The number of aromatic nitrogens is 1. The zero-order valence-corrected chi connectivity index (χ0v) is 11.7. The molecule has 19 heavy (non-hydrogen) atoms. The first-order valence-corrected chi connectivity index (χ1v) is 6.52. The molecule has 0 fully saturated rings. The van der Waals surface area contributed by atoms with E-state index >= 15 is 0 Å². The molecule has 0 radical (unpaired) electrons. The van der Waals surface area contributed by atoms with Crippen molar-refractivity contribution in [1.82, 2.24) is 4.98 Å². The van der Waals surface area contributed by atoms with Gasteiger partial charge in [0.15, 0.2) is 0 Å². The van der Waals surface area contributed by atoms with Gasteiger partial charge in [-0.25, -0.2) is 4.98 Å². The van der Waals surface area contributed by atoms with Crippen molar-refractivity contribution >= 4 is 5.82 Å². The molecule has 100 valence electrons. The van der Waals surface area contributed by atoms with Gasteiger partial charge < -0.3 is 10.1 Å². The van der Waals surface area contributed by atoms with Crippen LogP contribution in [0.25, 0.3) is 0 Å². The van der Waals surface area contributed by atoms with Gasteiger partial charge in [0.2, 0.25) is 0 Å². The van der Waals surface area contributed by atoms with Crippen LogP contribution in [0.1, 0.15) is 30.9 Å². The Bertz CT molecular complexity index is 503. The first-order valence-electron chi connectivity index (χ1n) is 6.52. The van der Waals surface area contributed by atoms with Crippen molar-refractivity contribution in [2.24, 2.45) is 0 Å². The van der Waals surface area contributed by atoms with Crippen molar-refractivity contribution in [2.75, 3.05) is 12.4 Å². The van der Waals surface area contributed by atoms with Gasteiger partial charge in [-0.15, -0.1) is 0 Å². The molecule has 0 aliphatic carbocycles.